The van der Waals surface area contributed by atoms with Gasteiger partial charge in [0.1, 0.15) is 0 Å². The number of aryl methyl sites for hydroxylation is 1. The SMILES string of the molecule is [C-]#[N+]c1ccc(-c2nc(OC[C@@H]3CCNC3)c3nc(C(F)(F)F)cn3c2-c2ccc(C)cc2)cc1. The second kappa shape index (κ2) is 9.04. The molecule has 0 bridgehead atoms. The lowest BCUT2D eigenvalue weighted by Crippen LogP contribution is -2.16. The summed E-state index contributed by atoms with van der Waals surface area (Å²) in [6, 6.07) is 14.3. The Morgan fingerprint density at radius 1 is 1.09 bits per heavy atom. The lowest BCUT2D eigenvalue weighted by Gasteiger charge is -2.17. The standard InChI is InChI=1S/C26H22F3N5O/c1-16-3-5-19(6-4-16)23-22(18-7-9-20(30-2)10-8-18)33-25(35-15-17-11-12-31-13-17)24-32-21(14-34(23)24)26(27,28)29/h3-10,14,17,31H,11-13,15H2,1H3/t17-/m1/s1. The van der Waals surface area contributed by atoms with Crippen molar-refractivity contribution in [1.29, 1.82) is 0 Å². The van der Waals surface area contributed by atoms with Gasteiger partial charge in [-0.25, -0.2) is 14.8 Å². The van der Waals surface area contributed by atoms with Crippen LogP contribution in [0.4, 0.5) is 18.9 Å². The quantitative estimate of drug-likeness (QED) is 0.362. The van der Waals surface area contributed by atoms with Crippen molar-refractivity contribution in [1.82, 2.24) is 19.7 Å². The van der Waals surface area contributed by atoms with Crippen LogP contribution in [0.1, 0.15) is 17.7 Å². The van der Waals surface area contributed by atoms with Gasteiger partial charge in [0.25, 0.3) is 5.88 Å². The average Bonchev–Trinajstić information content (AvgIpc) is 3.53. The molecule has 0 saturated carbocycles. The molecule has 1 atom stereocenters. The highest BCUT2D eigenvalue weighted by molar-refractivity contribution is 5.82. The van der Waals surface area contributed by atoms with E-state index in [4.69, 9.17) is 16.3 Å². The maximum absolute atomic E-state index is 13.7. The van der Waals surface area contributed by atoms with Gasteiger partial charge in [-0.2, -0.15) is 13.2 Å². The maximum atomic E-state index is 13.7. The van der Waals surface area contributed by atoms with E-state index in [1.165, 1.54) is 4.40 Å². The van der Waals surface area contributed by atoms with Crippen LogP contribution in [-0.4, -0.2) is 34.1 Å². The first-order valence-corrected chi connectivity index (χ1v) is 11.2. The fourth-order valence-electron chi connectivity index (χ4n) is 4.19. The van der Waals surface area contributed by atoms with Crippen molar-refractivity contribution in [2.75, 3.05) is 19.7 Å². The van der Waals surface area contributed by atoms with Crippen LogP contribution in [0.2, 0.25) is 0 Å². The summed E-state index contributed by atoms with van der Waals surface area (Å²) in [5.74, 6) is 0.291. The number of fused-ring (bicyclic) bond motifs is 1. The predicted octanol–water partition coefficient (Wildman–Crippen LogP) is 5.93. The van der Waals surface area contributed by atoms with Crippen LogP contribution in [0, 0.1) is 19.4 Å². The van der Waals surface area contributed by atoms with E-state index in [1.54, 1.807) is 24.3 Å². The minimum Gasteiger partial charge on any atom is -0.475 e. The molecule has 0 aliphatic carbocycles. The Hall–Kier alpha value is -3.90. The van der Waals surface area contributed by atoms with E-state index in [-0.39, 0.29) is 17.4 Å². The second-order valence-corrected chi connectivity index (χ2v) is 8.63. The number of halogens is 3. The fourth-order valence-corrected chi connectivity index (χ4v) is 4.19. The number of nitrogens with one attached hydrogen (secondary N) is 1. The molecule has 4 aromatic rings. The molecule has 1 aliphatic heterocycles. The van der Waals surface area contributed by atoms with E-state index in [0.29, 0.717) is 34.8 Å². The molecule has 0 unspecified atom stereocenters. The number of rotatable bonds is 5. The Morgan fingerprint density at radius 3 is 2.43 bits per heavy atom. The molecule has 5 rings (SSSR count). The van der Waals surface area contributed by atoms with Gasteiger partial charge in [-0.15, -0.1) is 0 Å². The normalized spacial score (nSPS) is 15.9. The van der Waals surface area contributed by atoms with Crippen LogP contribution in [0.15, 0.2) is 54.7 Å². The van der Waals surface area contributed by atoms with Gasteiger partial charge < -0.3 is 10.1 Å². The molecule has 35 heavy (non-hydrogen) atoms. The van der Waals surface area contributed by atoms with Gasteiger partial charge in [-0.05, 0) is 25.5 Å². The maximum Gasteiger partial charge on any atom is 0.434 e. The zero-order valence-corrected chi connectivity index (χ0v) is 18.9. The first kappa shape index (κ1) is 22.9. The first-order chi connectivity index (χ1) is 16.8. The summed E-state index contributed by atoms with van der Waals surface area (Å²) in [7, 11) is 0. The monoisotopic (exact) mass is 477 g/mol. The molecular weight excluding hydrogens is 455 g/mol. The number of aromatic nitrogens is 3. The molecular formula is C26H22F3N5O. The first-order valence-electron chi connectivity index (χ1n) is 11.2. The topological polar surface area (TPSA) is 55.8 Å². The highest BCUT2D eigenvalue weighted by Gasteiger charge is 2.35. The van der Waals surface area contributed by atoms with Gasteiger partial charge in [0, 0.05) is 24.2 Å². The van der Waals surface area contributed by atoms with Gasteiger partial charge in [0.15, 0.2) is 11.4 Å². The molecule has 3 heterocycles. The number of benzene rings is 2. The lowest BCUT2D eigenvalue weighted by atomic mass is 10.0. The smallest absolute Gasteiger partial charge is 0.434 e. The molecule has 0 amide bonds. The molecule has 6 nitrogen and oxygen atoms in total. The average molecular weight is 477 g/mol. The van der Waals surface area contributed by atoms with Crippen molar-refractivity contribution in [3.8, 4) is 28.4 Å². The van der Waals surface area contributed by atoms with Crippen molar-refractivity contribution in [3.05, 3.63) is 77.4 Å². The summed E-state index contributed by atoms with van der Waals surface area (Å²) in [6.07, 6.45) is -2.71. The van der Waals surface area contributed by atoms with Crippen molar-refractivity contribution >= 4 is 11.3 Å². The molecule has 1 N–H and O–H groups in total. The van der Waals surface area contributed by atoms with Crippen LogP contribution < -0.4 is 10.1 Å². The molecule has 0 radical (unpaired) electrons. The molecule has 9 heteroatoms. The molecule has 178 valence electrons. The highest BCUT2D eigenvalue weighted by atomic mass is 19.4. The van der Waals surface area contributed by atoms with Gasteiger partial charge in [-0.1, -0.05) is 54.1 Å². The van der Waals surface area contributed by atoms with Crippen molar-refractivity contribution in [2.24, 2.45) is 5.92 Å². The summed E-state index contributed by atoms with van der Waals surface area (Å²) in [6.45, 7) is 11.1. The minimum atomic E-state index is -4.62. The van der Waals surface area contributed by atoms with Gasteiger partial charge >= 0.3 is 6.18 Å². The van der Waals surface area contributed by atoms with Crippen LogP contribution in [-0.2, 0) is 6.18 Å². The Balaban J connectivity index is 1.75. The van der Waals surface area contributed by atoms with Crippen LogP contribution in [0.25, 0.3) is 33.0 Å². The van der Waals surface area contributed by atoms with Crippen LogP contribution >= 0.6 is 0 Å². The molecule has 1 aliphatic rings. The zero-order chi connectivity index (χ0) is 24.6. The number of ether oxygens (including phenoxy) is 1. The van der Waals surface area contributed by atoms with E-state index >= 15 is 0 Å². The Morgan fingerprint density at radius 2 is 1.80 bits per heavy atom. The fraction of sp³-hybridized carbons (Fsp3) is 0.269. The van der Waals surface area contributed by atoms with E-state index in [2.05, 4.69) is 15.1 Å². The van der Waals surface area contributed by atoms with Gasteiger partial charge in [0.2, 0.25) is 5.65 Å². The Labute approximate surface area is 200 Å². The van der Waals surface area contributed by atoms with Crippen LogP contribution in [0.3, 0.4) is 0 Å². The molecule has 2 aromatic carbocycles. The van der Waals surface area contributed by atoms with Crippen molar-refractivity contribution in [3.63, 3.8) is 0 Å². The van der Waals surface area contributed by atoms with Crippen LogP contribution in [0.5, 0.6) is 5.88 Å². The van der Waals surface area contributed by atoms with E-state index in [0.717, 1.165) is 31.3 Å². The number of imidazole rings is 1. The van der Waals surface area contributed by atoms with Crippen molar-refractivity contribution < 1.29 is 17.9 Å². The predicted molar refractivity (Wildman–Crippen MR) is 126 cm³/mol. The van der Waals surface area contributed by atoms with E-state index in [1.807, 2.05) is 31.2 Å². The van der Waals surface area contributed by atoms with E-state index in [9.17, 15) is 13.2 Å². The number of hydrogen-bond acceptors (Lipinski definition) is 4. The minimum absolute atomic E-state index is 0.0142. The van der Waals surface area contributed by atoms with Gasteiger partial charge in [0.05, 0.1) is 24.6 Å². The Kier molecular flexibility index (Phi) is 5.91. The third-order valence-corrected chi connectivity index (χ3v) is 6.08. The largest absolute Gasteiger partial charge is 0.475 e. The lowest BCUT2D eigenvalue weighted by molar-refractivity contribution is -0.140. The Bertz CT molecular complexity index is 1400. The highest BCUT2D eigenvalue weighted by Crippen LogP contribution is 2.38. The molecule has 0 spiro atoms. The third kappa shape index (κ3) is 4.57. The molecule has 2 aromatic heterocycles. The summed E-state index contributed by atoms with van der Waals surface area (Å²) in [5.41, 5.74) is 2.74. The molecule has 1 fully saturated rings. The number of hydrogen-bond donors (Lipinski definition) is 1. The summed E-state index contributed by atoms with van der Waals surface area (Å²) >= 11 is 0. The zero-order valence-electron chi connectivity index (χ0n) is 18.9. The summed E-state index contributed by atoms with van der Waals surface area (Å²) in [4.78, 5) is 12.0. The molecule has 1 saturated heterocycles. The summed E-state index contributed by atoms with van der Waals surface area (Å²) in [5, 5.41) is 3.26. The number of alkyl halides is 3. The summed E-state index contributed by atoms with van der Waals surface area (Å²) < 4.78 is 48.5. The van der Waals surface area contributed by atoms with E-state index < -0.39 is 11.9 Å². The number of nitrogens with zero attached hydrogens (tertiary/aromatic N) is 4. The second-order valence-electron chi connectivity index (χ2n) is 8.63. The third-order valence-electron chi connectivity index (χ3n) is 6.08. The van der Waals surface area contributed by atoms with Gasteiger partial charge in [-0.3, -0.25) is 4.40 Å². The van der Waals surface area contributed by atoms with Crippen molar-refractivity contribution in [2.45, 2.75) is 19.5 Å².